The minimum atomic E-state index is 0.533. The van der Waals surface area contributed by atoms with Crippen LogP contribution >= 0.6 is 11.8 Å². The summed E-state index contributed by atoms with van der Waals surface area (Å²) in [5, 5.41) is 13.8. The Labute approximate surface area is 185 Å². The van der Waals surface area contributed by atoms with Crippen LogP contribution in [0.15, 0.2) is 58.2 Å². The van der Waals surface area contributed by atoms with Gasteiger partial charge in [0.2, 0.25) is 5.89 Å². The monoisotopic (exact) mass is 435 g/mol. The normalized spacial score (nSPS) is 11.1. The van der Waals surface area contributed by atoms with Gasteiger partial charge in [0.1, 0.15) is 5.75 Å². The van der Waals surface area contributed by atoms with Gasteiger partial charge in [-0.25, -0.2) is 0 Å². The Bertz CT molecular complexity index is 1120. The molecule has 160 valence electrons. The van der Waals surface area contributed by atoms with Crippen molar-refractivity contribution in [2.24, 2.45) is 0 Å². The molecule has 0 amide bonds. The molecule has 0 aliphatic heterocycles. The van der Waals surface area contributed by atoms with Gasteiger partial charge in [-0.3, -0.25) is 4.57 Å². The van der Waals surface area contributed by atoms with Gasteiger partial charge >= 0.3 is 0 Å². The molecule has 0 spiro atoms. The van der Waals surface area contributed by atoms with Crippen LogP contribution in [0, 0.1) is 6.92 Å². The molecule has 0 fully saturated rings. The van der Waals surface area contributed by atoms with Crippen molar-refractivity contribution in [1.82, 2.24) is 24.9 Å². The van der Waals surface area contributed by atoms with Crippen molar-refractivity contribution < 1.29 is 9.26 Å². The molecule has 7 nitrogen and oxygen atoms in total. The van der Waals surface area contributed by atoms with Gasteiger partial charge in [0.05, 0.1) is 12.9 Å². The third-order valence-electron chi connectivity index (χ3n) is 4.86. The fourth-order valence-corrected chi connectivity index (χ4v) is 3.92. The highest BCUT2D eigenvalue weighted by molar-refractivity contribution is 7.98. The standard InChI is InChI=1S/C23H25N5O2S/c1-4-5-6-20-24-21(30-27-20)15-31-23-26-25-22(17-9-13-19(29-3)14-10-17)28(23)18-11-7-16(2)8-12-18/h7-14H,4-6,15H2,1-3H3. The number of nitrogens with zero attached hydrogens (tertiary/aromatic N) is 5. The minimum Gasteiger partial charge on any atom is -0.497 e. The Kier molecular flexibility index (Phi) is 6.66. The van der Waals surface area contributed by atoms with Gasteiger partial charge in [0.25, 0.3) is 0 Å². The minimum absolute atomic E-state index is 0.533. The second-order valence-electron chi connectivity index (χ2n) is 7.20. The highest BCUT2D eigenvalue weighted by Gasteiger charge is 2.18. The lowest BCUT2D eigenvalue weighted by atomic mass is 10.2. The van der Waals surface area contributed by atoms with Crippen molar-refractivity contribution in [2.45, 2.75) is 44.0 Å². The number of thioether (sulfide) groups is 1. The van der Waals surface area contributed by atoms with E-state index in [1.165, 1.54) is 17.3 Å². The second-order valence-corrected chi connectivity index (χ2v) is 8.14. The van der Waals surface area contributed by atoms with Gasteiger partial charge in [-0.2, -0.15) is 4.98 Å². The Morgan fingerprint density at radius 2 is 1.81 bits per heavy atom. The molecule has 8 heteroatoms. The molecule has 0 saturated heterocycles. The first-order valence-electron chi connectivity index (χ1n) is 10.3. The first-order valence-corrected chi connectivity index (χ1v) is 11.3. The number of hydrogen-bond donors (Lipinski definition) is 0. The van der Waals surface area contributed by atoms with Crippen molar-refractivity contribution in [2.75, 3.05) is 7.11 Å². The van der Waals surface area contributed by atoms with E-state index >= 15 is 0 Å². The predicted octanol–water partition coefficient (Wildman–Crippen LogP) is 5.27. The van der Waals surface area contributed by atoms with E-state index in [0.29, 0.717) is 11.6 Å². The number of rotatable bonds is 9. The number of ether oxygens (including phenoxy) is 1. The molecule has 4 rings (SSSR count). The molecule has 0 radical (unpaired) electrons. The van der Waals surface area contributed by atoms with Crippen LogP contribution in [0.3, 0.4) is 0 Å². The number of unbranched alkanes of at least 4 members (excludes halogenated alkanes) is 1. The van der Waals surface area contributed by atoms with Crippen LogP contribution in [0.2, 0.25) is 0 Å². The molecule has 4 aromatic rings. The van der Waals surface area contributed by atoms with E-state index in [2.05, 4.69) is 63.0 Å². The maximum atomic E-state index is 5.41. The molecule has 0 saturated carbocycles. The second kappa shape index (κ2) is 9.78. The Morgan fingerprint density at radius 1 is 1.03 bits per heavy atom. The van der Waals surface area contributed by atoms with E-state index in [1.54, 1.807) is 7.11 Å². The molecule has 31 heavy (non-hydrogen) atoms. The zero-order valence-corrected chi connectivity index (χ0v) is 18.7. The maximum absolute atomic E-state index is 5.41. The lowest BCUT2D eigenvalue weighted by molar-refractivity contribution is 0.384. The fourth-order valence-electron chi connectivity index (χ4n) is 3.13. The van der Waals surface area contributed by atoms with Crippen LogP contribution in [0.4, 0.5) is 0 Å². The van der Waals surface area contributed by atoms with E-state index in [4.69, 9.17) is 9.26 Å². The zero-order chi connectivity index (χ0) is 21.6. The molecule has 2 aromatic heterocycles. The number of benzene rings is 2. The van der Waals surface area contributed by atoms with E-state index in [0.717, 1.165) is 53.1 Å². The van der Waals surface area contributed by atoms with Gasteiger partial charge in [-0.15, -0.1) is 10.2 Å². The highest BCUT2D eigenvalue weighted by atomic mass is 32.2. The largest absolute Gasteiger partial charge is 0.497 e. The van der Waals surface area contributed by atoms with Crippen LogP contribution in [0.25, 0.3) is 17.1 Å². The Hall–Kier alpha value is -3.13. The van der Waals surface area contributed by atoms with E-state index in [9.17, 15) is 0 Å². The van der Waals surface area contributed by atoms with Gasteiger partial charge in [-0.1, -0.05) is 48.0 Å². The van der Waals surface area contributed by atoms with Crippen LogP contribution < -0.4 is 4.74 Å². The van der Waals surface area contributed by atoms with Crippen LogP contribution in [0.1, 0.15) is 37.0 Å². The van der Waals surface area contributed by atoms with E-state index in [-0.39, 0.29) is 0 Å². The third-order valence-corrected chi connectivity index (χ3v) is 5.78. The van der Waals surface area contributed by atoms with Crippen molar-refractivity contribution in [3.8, 4) is 22.8 Å². The lowest BCUT2D eigenvalue weighted by Gasteiger charge is -2.10. The predicted molar refractivity (Wildman–Crippen MR) is 121 cm³/mol. The molecule has 2 heterocycles. The Morgan fingerprint density at radius 3 is 2.52 bits per heavy atom. The van der Waals surface area contributed by atoms with Gasteiger partial charge in [-0.05, 0) is 49.7 Å². The number of aryl methyl sites for hydroxylation is 2. The summed E-state index contributed by atoms with van der Waals surface area (Å²) in [5.74, 6) is 3.46. The molecule has 0 unspecified atom stereocenters. The van der Waals surface area contributed by atoms with E-state index < -0.39 is 0 Å². The van der Waals surface area contributed by atoms with Crippen molar-refractivity contribution in [3.63, 3.8) is 0 Å². The quantitative estimate of drug-likeness (QED) is 0.331. The van der Waals surface area contributed by atoms with Crippen molar-refractivity contribution in [1.29, 1.82) is 0 Å². The topological polar surface area (TPSA) is 78.9 Å². The summed E-state index contributed by atoms with van der Waals surface area (Å²) >= 11 is 1.53. The van der Waals surface area contributed by atoms with E-state index in [1.807, 2.05) is 24.3 Å². The Balaban J connectivity index is 1.63. The van der Waals surface area contributed by atoms with Crippen molar-refractivity contribution >= 4 is 11.8 Å². The number of methoxy groups -OCH3 is 1. The van der Waals surface area contributed by atoms with Gasteiger partial charge in [0, 0.05) is 17.7 Å². The zero-order valence-electron chi connectivity index (χ0n) is 17.9. The molecule has 0 aliphatic rings. The van der Waals surface area contributed by atoms with Gasteiger partial charge < -0.3 is 9.26 Å². The van der Waals surface area contributed by atoms with Crippen LogP contribution in [-0.2, 0) is 12.2 Å². The SMILES string of the molecule is CCCCc1noc(CSc2nnc(-c3ccc(OC)cc3)n2-c2ccc(C)cc2)n1. The van der Waals surface area contributed by atoms with Crippen LogP contribution in [-0.4, -0.2) is 32.0 Å². The summed E-state index contributed by atoms with van der Waals surface area (Å²) in [5.41, 5.74) is 3.15. The molecule has 0 atom stereocenters. The summed E-state index contributed by atoms with van der Waals surface area (Å²) < 4.78 is 12.7. The van der Waals surface area contributed by atoms with Crippen molar-refractivity contribution in [3.05, 3.63) is 65.8 Å². The molecule has 0 bridgehead atoms. The first-order chi connectivity index (χ1) is 15.2. The average Bonchev–Trinajstić information content (AvgIpc) is 3.44. The first kappa shape index (κ1) is 21.1. The summed E-state index contributed by atoms with van der Waals surface area (Å²) in [6, 6.07) is 16.1. The molecular weight excluding hydrogens is 410 g/mol. The highest BCUT2D eigenvalue weighted by Crippen LogP contribution is 2.30. The third kappa shape index (κ3) is 4.96. The van der Waals surface area contributed by atoms with Crippen LogP contribution in [0.5, 0.6) is 5.75 Å². The maximum Gasteiger partial charge on any atom is 0.237 e. The summed E-state index contributed by atoms with van der Waals surface area (Å²) in [7, 11) is 1.66. The fraction of sp³-hybridized carbons (Fsp3) is 0.304. The molecule has 0 aliphatic carbocycles. The average molecular weight is 436 g/mol. The molecule has 0 N–H and O–H groups in total. The number of aromatic nitrogens is 5. The lowest BCUT2D eigenvalue weighted by Crippen LogP contribution is -2.00. The van der Waals surface area contributed by atoms with Gasteiger partial charge in [0.15, 0.2) is 16.8 Å². The smallest absolute Gasteiger partial charge is 0.237 e. The summed E-state index contributed by atoms with van der Waals surface area (Å²) in [4.78, 5) is 4.49. The summed E-state index contributed by atoms with van der Waals surface area (Å²) in [6.07, 6.45) is 3.00. The summed E-state index contributed by atoms with van der Waals surface area (Å²) in [6.45, 7) is 4.22. The molecular formula is C23H25N5O2S. The molecule has 2 aromatic carbocycles. The number of hydrogen-bond acceptors (Lipinski definition) is 7.